The third kappa shape index (κ3) is 4.21. The van der Waals surface area contributed by atoms with Crippen molar-refractivity contribution in [1.29, 1.82) is 0 Å². The van der Waals surface area contributed by atoms with E-state index in [2.05, 4.69) is 4.74 Å². The molecule has 0 aromatic heterocycles. The van der Waals surface area contributed by atoms with Gasteiger partial charge >= 0.3 is 5.97 Å². The fraction of sp³-hybridized carbons (Fsp3) is 0.286. The van der Waals surface area contributed by atoms with Gasteiger partial charge in [0, 0.05) is 12.3 Å². The Kier molecular flexibility index (Phi) is 5.25. The highest BCUT2D eigenvalue weighted by atomic mass is 16.5. The second-order valence-electron chi connectivity index (χ2n) is 1.73. The summed E-state index contributed by atoms with van der Waals surface area (Å²) < 4.78 is 4.50. The van der Waals surface area contributed by atoms with E-state index in [1.807, 2.05) is 0 Å². The van der Waals surface area contributed by atoms with E-state index in [9.17, 15) is 14.4 Å². The predicted molar refractivity (Wildman–Crippen MR) is 39.7 cm³/mol. The Morgan fingerprint density at radius 3 is 2.42 bits per heavy atom. The minimum Gasteiger partial charge on any atom is -0.463 e. The third-order valence-electron chi connectivity index (χ3n) is 0.913. The third-order valence-corrected chi connectivity index (χ3v) is 0.913. The van der Waals surface area contributed by atoms with Crippen molar-refractivity contribution in [1.82, 2.24) is 4.90 Å². The summed E-state index contributed by atoms with van der Waals surface area (Å²) >= 11 is 0. The second kappa shape index (κ2) is 6.09. The Hall–Kier alpha value is -1.65. The van der Waals surface area contributed by atoms with Crippen molar-refractivity contribution in [3.8, 4) is 0 Å². The normalized spacial score (nSPS) is 9.42. The summed E-state index contributed by atoms with van der Waals surface area (Å²) in [6.45, 7) is 1.91. The number of hydrogen-bond acceptors (Lipinski definition) is 4. The standard InChI is InChI=1S/C7H9NO4/c1-2-12-7(11)3-4-8(5-9)6-10/h3-6H,2H2,1H3. The number of nitrogens with zero attached hydrogens (tertiary/aromatic N) is 1. The number of carbonyl (C=O) groups excluding carboxylic acids is 3. The highest BCUT2D eigenvalue weighted by molar-refractivity contribution is 5.83. The Morgan fingerprint density at radius 2 is 2.00 bits per heavy atom. The van der Waals surface area contributed by atoms with Crippen LogP contribution in [0.2, 0.25) is 0 Å². The molecule has 0 aliphatic rings. The van der Waals surface area contributed by atoms with Gasteiger partial charge in [0.05, 0.1) is 6.61 Å². The number of rotatable bonds is 5. The summed E-state index contributed by atoms with van der Waals surface area (Å²) in [5.74, 6) is -0.591. The van der Waals surface area contributed by atoms with Crippen LogP contribution in [-0.2, 0) is 19.1 Å². The van der Waals surface area contributed by atoms with Crippen molar-refractivity contribution in [2.75, 3.05) is 6.61 Å². The summed E-state index contributed by atoms with van der Waals surface area (Å²) in [5, 5.41) is 0. The molecule has 0 aromatic rings. The first-order valence-corrected chi connectivity index (χ1v) is 3.27. The number of hydrogen-bond donors (Lipinski definition) is 0. The molecule has 0 N–H and O–H groups in total. The van der Waals surface area contributed by atoms with Gasteiger partial charge in [-0.1, -0.05) is 0 Å². The maximum Gasteiger partial charge on any atom is 0.332 e. The van der Waals surface area contributed by atoms with Crippen LogP contribution in [0.1, 0.15) is 6.92 Å². The molecule has 0 rings (SSSR count). The zero-order valence-corrected chi connectivity index (χ0v) is 6.60. The van der Waals surface area contributed by atoms with Gasteiger partial charge in [-0.25, -0.2) is 4.79 Å². The van der Waals surface area contributed by atoms with E-state index in [1.165, 1.54) is 0 Å². The molecule has 0 saturated carbocycles. The van der Waals surface area contributed by atoms with E-state index in [0.29, 0.717) is 4.90 Å². The fourth-order valence-corrected chi connectivity index (χ4v) is 0.432. The molecule has 0 fully saturated rings. The average Bonchev–Trinajstić information content (AvgIpc) is 2.07. The first kappa shape index (κ1) is 10.3. The van der Waals surface area contributed by atoms with Crippen LogP contribution >= 0.6 is 0 Å². The van der Waals surface area contributed by atoms with Crippen LogP contribution < -0.4 is 0 Å². The van der Waals surface area contributed by atoms with E-state index < -0.39 is 5.97 Å². The van der Waals surface area contributed by atoms with Crippen LogP contribution in [0.4, 0.5) is 0 Å². The number of ether oxygens (including phenoxy) is 1. The summed E-state index contributed by atoms with van der Waals surface area (Å²) in [5.41, 5.74) is 0. The first-order chi connectivity index (χ1) is 5.74. The second-order valence-corrected chi connectivity index (χ2v) is 1.73. The van der Waals surface area contributed by atoms with Crippen LogP contribution in [0.3, 0.4) is 0 Å². The Labute approximate surface area is 69.6 Å². The molecule has 0 aliphatic heterocycles. The SMILES string of the molecule is CCOC(=O)C=CN(C=O)C=O. The van der Waals surface area contributed by atoms with Crippen LogP contribution in [0.25, 0.3) is 0 Å². The van der Waals surface area contributed by atoms with Gasteiger partial charge in [0.2, 0.25) is 12.8 Å². The molecule has 0 unspecified atom stereocenters. The van der Waals surface area contributed by atoms with Crippen LogP contribution in [0.5, 0.6) is 0 Å². The average molecular weight is 171 g/mol. The van der Waals surface area contributed by atoms with E-state index >= 15 is 0 Å². The van der Waals surface area contributed by atoms with Crippen molar-refractivity contribution >= 4 is 18.8 Å². The molecule has 66 valence electrons. The van der Waals surface area contributed by atoms with Crippen molar-refractivity contribution < 1.29 is 19.1 Å². The molecule has 12 heavy (non-hydrogen) atoms. The summed E-state index contributed by atoms with van der Waals surface area (Å²) in [6.07, 6.45) is 2.58. The highest BCUT2D eigenvalue weighted by Gasteiger charge is 1.95. The van der Waals surface area contributed by atoms with Crippen LogP contribution in [0, 0.1) is 0 Å². The Bertz CT molecular complexity index is 192. The molecule has 0 atom stereocenters. The number of esters is 1. The first-order valence-electron chi connectivity index (χ1n) is 3.27. The monoisotopic (exact) mass is 171 g/mol. The summed E-state index contributed by atoms with van der Waals surface area (Å²) in [7, 11) is 0. The predicted octanol–water partition coefficient (Wildman–Crippen LogP) is -0.322. The lowest BCUT2D eigenvalue weighted by Gasteiger charge is -1.99. The number of amides is 2. The van der Waals surface area contributed by atoms with Crippen molar-refractivity contribution in [2.45, 2.75) is 6.92 Å². The molecule has 5 nitrogen and oxygen atoms in total. The quantitative estimate of drug-likeness (QED) is 0.323. The van der Waals surface area contributed by atoms with Crippen molar-refractivity contribution in [2.24, 2.45) is 0 Å². The lowest BCUT2D eigenvalue weighted by atomic mass is 10.6. The fourth-order valence-electron chi connectivity index (χ4n) is 0.432. The van der Waals surface area contributed by atoms with Gasteiger partial charge in [0.25, 0.3) is 0 Å². The minimum absolute atomic E-state index is 0.255. The Balaban J connectivity index is 3.94. The van der Waals surface area contributed by atoms with Crippen LogP contribution in [-0.4, -0.2) is 30.3 Å². The van der Waals surface area contributed by atoms with Gasteiger partial charge < -0.3 is 4.74 Å². The van der Waals surface area contributed by atoms with Gasteiger partial charge in [0.1, 0.15) is 0 Å². The summed E-state index contributed by atoms with van der Waals surface area (Å²) in [4.78, 5) is 31.3. The molecular weight excluding hydrogens is 162 g/mol. The molecule has 0 aliphatic carbocycles. The zero-order chi connectivity index (χ0) is 9.40. The zero-order valence-electron chi connectivity index (χ0n) is 6.60. The largest absolute Gasteiger partial charge is 0.463 e. The molecular formula is C7H9NO4. The minimum atomic E-state index is -0.591. The lowest BCUT2D eigenvalue weighted by Crippen LogP contribution is -2.12. The molecule has 0 radical (unpaired) electrons. The molecule has 0 heterocycles. The maximum atomic E-state index is 10.6. The van der Waals surface area contributed by atoms with Crippen LogP contribution in [0.15, 0.2) is 12.3 Å². The number of imide groups is 1. The van der Waals surface area contributed by atoms with E-state index in [4.69, 9.17) is 0 Å². The van der Waals surface area contributed by atoms with Crippen molar-refractivity contribution in [3.63, 3.8) is 0 Å². The van der Waals surface area contributed by atoms with Gasteiger partial charge in [-0.2, -0.15) is 0 Å². The molecule has 0 saturated heterocycles. The molecule has 0 spiro atoms. The molecule has 0 bridgehead atoms. The lowest BCUT2D eigenvalue weighted by molar-refractivity contribution is -0.137. The van der Waals surface area contributed by atoms with Gasteiger partial charge in [-0.15, -0.1) is 0 Å². The van der Waals surface area contributed by atoms with Gasteiger partial charge in [-0.05, 0) is 6.92 Å². The smallest absolute Gasteiger partial charge is 0.332 e. The van der Waals surface area contributed by atoms with E-state index in [1.54, 1.807) is 6.92 Å². The van der Waals surface area contributed by atoms with E-state index in [0.717, 1.165) is 12.3 Å². The topological polar surface area (TPSA) is 63.7 Å². The van der Waals surface area contributed by atoms with Gasteiger partial charge in [-0.3, -0.25) is 14.5 Å². The molecule has 5 heteroatoms. The Morgan fingerprint density at radius 1 is 1.42 bits per heavy atom. The van der Waals surface area contributed by atoms with Gasteiger partial charge in [0.15, 0.2) is 0 Å². The number of carbonyl (C=O) groups is 3. The van der Waals surface area contributed by atoms with Crippen molar-refractivity contribution in [3.05, 3.63) is 12.3 Å². The molecule has 0 aromatic carbocycles. The molecule has 2 amide bonds. The van der Waals surface area contributed by atoms with E-state index in [-0.39, 0.29) is 19.4 Å². The highest BCUT2D eigenvalue weighted by Crippen LogP contribution is 1.83. The summed E-state index contributed by atoms with van der Waals surface area (Å²) in [6, 6.07) is 0. The maximum absolute atomic E-state index is 10.6.